The van der Waals surface area contributed by atoms with Gasteiger partial charge in [-0.3, -0.25) is 0 Å². The van der Waals surface area contributed by atoms with Crippen molar-refractivity contribution in [2.24, 2.45) is 0 Å². The first kappa shape index (κ1) is 18.9. The first-order valence-electron chi connectivity index (χ1n) is 10.9. The fraction of sp³-hybridized carbons (Fsp3) is 0.200. The molecular formula is C30H28. The smallest absolute Gasteiger partial charge is 0.0525 e. The summed E-state index contributed by atoms with van der Waals surface area (Å²) < 4.78 is 0. The molecule has 0 spiro atoms. The predicted molar refractivity (Wildman–Crippen MR) is 126 cm³/mol. The molecule has 1 aliphatic rings. The van der Waals surface area contributed by atoms with Crippen molar-refractivity contribution < 1.29 is 0 Å². The molecular weight excluding hydrogens is 360 g/mol. The van der Waals surface area contributed by atoms with Gasteiger partial charge in [0.15, 0.2) is 0 Å². The SMILES string of the molecule is Cc1ccc(C2Cc3ccccc3C2(c2ccc(C)cc2)c2ccc(C)cc2)cc1. The molecule has 0 radical (unpaired) electrons. The van der Waals surface area contributed by atoms with Gasteiger partial charge in [0.2, 0.25) is 0 Å². The first-order valence-corrected chi connectivity index (χ1v) is 10.9. The van der Waals surface area contributed by atoms with Crippen LogP contribution in [0.3, 0.4) is 0 Å². The van der Waals surface area contributed by atoms with Crippen LogP contribution in [0.2, 0.25) is 0 Å². The third-order valence-electron chi connectivity index (χ3n) is 6.88. The zero-order valence-electron chi connectivity index (χ0n) is 18.0. The highest BCUT2D eigenvalue weighted by Crippen LogP contribution is 2.56. The van der Waals surface area contributed by atoms with Crippen LogP contribution in [0.5, 0.6) is 0 Å². The summed E-state index contributed by atoms with van der Waals surface area (Å²) in [7, 11) is 0. The van der Waals surface area contributed by atoms with Gasteiger partial charge in [0.05, 0.1) is 5.41 Å². The summed E-state index contributed by atoms with van der Waals surface area (Å²) in [6, 6.07) is 36.7. The predicted octanol–water partition coefficient (Wildman–Crippen LogP) is 7.29. The second-order valence-corrected chi connectivity index (χ2v) is 8.86. The summed E-state index contributed by atoms with van der Waals surface area (Å²) in [5.74, 6) is 0.362. The van der Waals surface area contributed by atoms with E-state index in [-0.39, 0.29) is 5.41 Å². The monoisotopic (exact) mass is 388 g/mol. The molecule has 0 saturated carbocycles. The Bertz CT molecular complexity index is 1120. The molecule has 0 N–H and O–H groups in total. The van der Waals surface area contributed by atoms with Crippen molar-refractivity contribution in [2.45, 2.75) is 38.5 Å². The number of fused-ring (bicyclic) bond motifs is 1. The highest BCUT2D eigenvalue weighted by atomic mass is 14.5. The largest absolute Gasteiger partial charge is 0.0620 e. The Morgan fingerprint density at radius 1 is 0.567 bits per heavy atom. The van der Waals surface area contributed by atoms with Crippen LogP contribution in [-0.4, -0.2) is 0 Å². The molecule has 5 rings (SSSR count). The van der Waals surface area contributed by atoms with Crippen LogP contribution in [0.15, 0.2) is 97.1 Å². The summed E-state index contributed by atoms with van der Waals surface area (Å²) >= 11 is 0. The van der Waals surface area contributed by atoms with Gasteiger partial charge in [0.1, 0.15) is 0 Å². The lowest BCUT2D eigenvalue weighted by Crippen LogP contribution is -2.33. The molecule has 1 atom stereocenters. The molecule has 0 aliphatic heterocycles. The quantitative estimate of drug-likeness (QED) is 0.346. The summed E-state index contributed by atoms with van der Waals surface area (Å²) in [6.07, 6.45) is 1.06. The number of benzene rings is 4. The maximum atomic E-state index is 2.35. The second kappa shape index (κ2) is 7.29. The average molecular weight is 389 g/mol. The van der Waals surface area contributed by atoms with Crippen molar-refractivity contribution in [3.8, 4) is 0 Å². The molecule has 0 amide bonds. The normalized spacial score (nSPS) is 17.0. The topological polar surface area (TPSA) is 0 Å². The number of aryl methyl sites for hydroxylation is 3. The summed E-state index contributed by atoms with van der Waals surface area (Å²) in [4.78, 5) is 0. The van der Waals surface area contributed by atoms with Gasteiger partial charge in [0.25, 0.3) is 0 Å². The van der Waals surface area contributed by atoms with Gasteiger partial charge in [-0.2, -0.15) is 0 Å². The highest BCUT2D eigenvalue weighted by molar-refractivity contribution is 5.61. The molecule has 0 fully saturated rings. The molecule has 4 aromatic rings. The Labute approximate surface area is 180 Å². The van der Waals surface area contributed by atoms with Crippen molar-refractivity contribution in [2.75, 3.05) is 0 Å². The molecule has 0 nitrogen and oxygen atoms in total. The third-order valence-corrected chi connectivity index (χ3v) is 6.88. The number of hydrogen-bond donors (Lipinski definition) is 0. The highest BCUT2D eigenvalue weighted by Gasteiger charge is 2.49. The zero-order valence-corrected chi connectivity index (χ0v) is 18.0. The van der Waals surface area contributed by atoms with Crippen molar-refractivity contribution in [1.29, 1.82) is 0 Å². The van der Waals surface area contributed by atoms with E-state index >= 15 is 0 Å². The Morgan fingerprint density at radius 2 is 1.03 bits per heavy atom. The zero-order chi connectivity index (χ0) is 20.7. The van der Waals surface area contributed by atoms with E-state index in [2.05, 4.69) is 118 Å². The first-order chi connectivity index (χ1) is 14.6. The van der Waals surface area contributed by atoms with Gasteiger partial charge >= 0.3 is 0 Å². The molecule has 0 heteroatoms. The number of hydrogen-bond acceptors (Lipinski definition) is 0. The van der Waals surface area contributed by atoms with Crippen molar-refractivity contribution >= 4 is 0 Å². The Hall–Kier alpha value is -3.12. The molecule has 0 aromatic heterocycles. The minimum atomic E-state index is -0.187. The maximum absolute atomic E-state index is 2.35. The minimum Gasteiger partial charge on any atom is -0.0620 e. The van der Waals surface area contributed by atoms with Gasteiger partial charge in [-0.25, -0.2) is 0 Å². The number of rotatable bonds is 3. The van der Waals surface area contributed by atoms with Crippen LogP contribution in [-0.2, 0) is 11.8 Å². The lowest BCUT2D eigenvalue weighted by atomic mass is 9.63. The van der Waals surface area contributed by atoms with Crippen LogP contribution in [0, 0.1) is 20.8 Å². The molecule has 1 aliphatic carbocycles. The lowest BCUT2D eigenvalue weighted by molar-refractivity contribution is 0.520. The fourth-order valence-corrected chi connectivity index (χ4v) is 5.32. The van der Waals surface area contributed by atoms with Crippen molar-refractivity contribution in [3.05, 3.63) is 142 Å². The van der Waals surface area contributed by atoms with Gasteiger partial charge < -0.3 is 0 Å². The summed E-state index contributed by atoms with van der Waals surface area (Å²) in [5, 5.41) is 0. The molecule has 0 heterocycles. The lowest BCUT2D eigenvalue weighted by Gasteiger charge is -2.39. The van der Waals surface area contributed by atoms with E-state index in [0.29, 0.717) is 5.92 Å². The molecule has 4 aromatic carbocycles. The van der Waals surface area contributed by atoms with E-state index in [1.165, 1.54) is 44.5 Å². The van der Waals surface area contributed by atoms with E-state index in [1.54, 1.807) is 0 Å². The Balaban J connectivity index is 1.85. The fourth-order valence-electron chi connectivity index (χ4n) is 5.32. The molecule has 0 bridgehead atoms. The summed E-state index contributed by atoms with van der Waals surface area (Å²) in [5.41, 5.74) is 10.8. The van der Waals surface area contributed by atoms with Crippen molar-refractivity contribution in [1.82, 2.24) is 0 Å². The van der Waals surface area contributed by atoms with E-state index in [4.69, 9.17) is 0 Å². The molecule has 148 valence electrons. The van der Waals surface area contributed by atoms with E-state index < -0.39 is 0 Å². The van der Waals surface area contributed by atoms with E-state index in [0.717, 1.165) is 6.42 Å². The van der Waals surface area contributed by atoms with E-state index in [1.807, 2.05) is 0 Å². The third kappa shape index (κ3) is 2.91. The van der Waals surface area contributed by atoms with Crippen LogP contribution in [0.25, 0.3) is 0 Å². The minimum absolute atomic E-state index is 0.187. The molecule has 30 heavy (non-hydrogen) atoms. The second-order valence-electron chi connectivity index (χ2n) is 8.86. The van der Waals surface area contributed by atoms with Gasteiger partial charge in [-0.05, 0) is 55.0 Å². The van der Waals surface area contributed by atoms with E-state index in [9.17, 15) is 0 Å². The van der Waals surface area contributed by atoms with Crippen LogP contribution in [0.1, 0.15) is 50.4 Å². The summed E-state index contributed by atoms with van der Waals surface area (Å²) in [6.45, 7) is 6.51. The van der Waals surface area contributed by atoms with Crippen LogP contribution >= 0.6 is 0 Å². The van der Waals surface area contributed by atoms with Gasteiger partial charge in [-0.1, -0.05) is 114 Å². The molecule has 0 saturated heterocycles. The van der Waals surface area contributed by atoms with Crippen molar-refractivity contribution in [3.63, 3.8) is 0 Å². The van der Waals surface area contributed by atoms with Gasteiger partial charge in [-0.15, -0.1) is 0 Å². The van der Waals surface area contributed by atoms with Gasteiger partial charge in [0, 0.05) is 5.92 Å². The standard InChI is InChI=1S/C30H28/c1-21-8-14-24(15-9-21)29-20-25-6-4-5-7-28(25)30(29,26-16-10-22(2)11-17-26)27-18-12-23(3)13-19-27/h4-19,29H,20H2,1-3H3. The van der Waals surface area contributed by atoms with Crippen LogP contribution < -0.4 is 0 Å². The van der Waals surface area contributed by atoms with Crippen LogP contribution in [0.4, 0.5) is 0 Å². The molecule has 1 unspecified atom stereocenters. The average Bonchev–Trinajstić information content (AvgIpc) is 3.11. The Kier molecular flexibility index (Phi) is 4.59. The Morgan fingerprint density at radius 3 is 1.57 bits per heavy atom. The maximum Gasteiger partial charge on any atom is 0.0525 e.